The predicted molar refractivity (Wildman–Crippen MR) is 92.7 cm³/mol. The van der Waals surface area contributed by atoms with E-state index in [0.29, 0.717) is 36.4 Å². The van der Waals surface area contributed by atoms with Crippen LogP contribution in [0.5, 0.6) is 0 Å². The maximum absolute atomic E-state index is 13.6. The molecule has 0 atom stereocenters. The number of aromatic nitrogens is 4. The van der Waals surface area contributed by atoms with Crippen molar-refractivity contribution in [3.63, 3.8) is 0 Å². The SMILES string of the molecule is Cc1ccc(-c2cc(C(F)(F)F)n3nc(C(=O)N4CCOCC4)nc3n2)cc1. The predicted octanol–water partition coefficient (Wildman–Crippen LogP) is 2.59. The summed E-state index contributed by atoms with van der Waals surface area (Å²) in [6.45, 7) is 3.28. The number of aryl methyl sites for hydroxylation is 1. The van der Waals surface area contributed by atoms with E-state index in [2.05, 4.69) is 15.1 Å². The van der Waals surface area contributed by atoms with E-state index in [1.54, 1.807) is 24.3 Å². The highest BCUT2D eigenvalue weighted by molar-refractivity contribution is 5.91. The molecular formula is C18H16F3N5O2. The first kappa shape index (κ1) is 18.4. The van der Waals surface area contributed by atoms with E-state index in [1.165, 1.54) is 4.90 Å². The van der Waals surface area contributed by atoms with Crippen LogP contribution < -0.4 is 0 Å². The smallest absolute Gasteiger partial charge is 0.378 e. The Morgan fingerprint density at radius 2 is 1.79 bits per heavy atom. The number of halogens is 3. The van der Waals surface area contributed by atoms with Gasteiger partial charge < -0.3 is 9.64 Å². The molecule has 1 aromatic carbocycles. The summed E-state index contributed by atoms with van der Waals surface area (Å²) in [6, 6.07) is 7.85. The van der Waals surface area contributed by atoms with Crippen molar-refractivity contribution in [2.24, 2.45) is 0 Å². The van der Waals surface area contributed by atoms with Crippen LogP contribution in [0.15, 0.2) is 30.3 Å². The van der Waals surface area contributed by atoms with Crippen molar-refractivity contribution >= 4 is 11.7 Å². The Balaban J connectivity index is 1.82. The van der Waals surface area contributed by atoms with Crippen LogP contribution >= 0.6 is 0 Å². The van der Waals surface area contributed by atoms with E-state index < -0.39 is 17.8 Å². The molecule has 0 N–H and O–H groups in total. The molecule has 3 heterocycles. The number of hydrogen-bond donors (Lipinski definition) is 0. The number of amides is 1. The average Bonchev–Trinajstić information content (AvgIpc) is 3.11. The van der Waals surface area contributed by atoms with Gasteiger partial charge in [0.1, 0.15) is 0 Å². The van der Waals surface area contributed by atoms with Gasteiger partial charge in [0, 0.05) is 18.7 Å². The van der Waals surface area contributed by atoms with Gasteiger partial charge in [-0.1, -0.05) is 29.8 Å². The third kappa shape index (κ3) is 3.42. The lowest BCUT2D eigenvalue weighted by Gasteiger charge is -2.25. The van der Waals surface area contributed by atoms with Crippen LogP contribution in [-0.2, 0) is 10.9 Å². The summed E-state index contributed by atoms with van der Waals surface area (Å²) < 4.78 is 46.6. The molecule has 2 aromatic heterocycles. The number of benzene rings is 1. The Kier molecular flexibility index (Phi) is 4.50. The monoisotopic (exact) mass is 391 g/mol. The van der Waals surface area contributed by atoms with Gasteiger partial charge in [-0.05, 0) is 13.0 Å². The van der Waals surface area contributed by atoms with Gasteiger partial charge in [-0.3, -0.25) is 4.79 Å². The fourth-order valence-electron chi connectivity index (χ4n) is 2.94. The van der Waals surface area contributed by atoms with Gasteiger partial charge in [-0.25, -0.2) is 4.98 Å². The summed E-state index contributed by atoms with van der Waals surface area (Å²) in [5.74, 6) is -1.14. The summed E-state index contributed by atoms with van der Waals surface area (Å²) in [5, 5.41) is 3.79. The number of alkyl halides is 3. The highest BCUT2D eigenvalue weighted by Crippen LogP contribution is 2.32. The minimum atomic E-state index is -4.69. The first-order valence-electron chi connectivity index (χ1n) is 8.62. The number of hydrogen-bond acceptors (Lipinski definition) is 5. The molecule has 1 amide bonds. The molecule has 28 heavy (non-hydrogen) atoms. The molecule has 146 valence electrons. The Hall–Kier alpha value is -3.01. The van der Waals surface area contributed by atoms with Gasteiger partial charge in [0.05, 0.1) is 18.9 Å². The minimum absolute atomic E-state index is 0.109. The van der Waals surface area contributed by atoms with E-state index in [-0.39, 0.29) is 17.3 Å². The number of morpholine rings is 1. The number of ether oxygens (including phenoxy) is 1. The van der Waals surface area contributed by atoms with Gasteiger partial charge >= 0.3 is 6.18 Å². The standard InChI is InChI=1S/C18H16F3N5O2/c1-11-2-4-12(5-3-11)13-10-14(18(19,20)21)26-17(22-13)23-15(24-26)16(27)25-6-8-28-9-7-25/h2-5,10H,6-9H2,1H3. The topological polar surface area (TPSA) is 72.6 Å². The molecule has 0 radical (unpaired) electrons. The van der Waals surface area contributed by atoms with E-state index in [0.717, 1.165) is 11.6 Å². The molecular weight excluding hydrogens is 375 g/mol. The molecule has 1 aliphatic rings. The van der Waals surface area contributed by atoms with Crippen molar-refractivity contribution in [1.29, 1.82) is 0 Å². The molecule has 7 nitrogen and oxygen atoms in total. The Morgan fingerprint density at radius 1 is 1.11 bits per heavy atom. The Morgan fingerprint density at radius 3 is 2.43 bits per heavy atom. The summed E-state index contributed by atoms with van der Waals surface area (Å²) in [6.07, 6.45) is -4.69. The van der Waals surface area contributed by atoms with Gasteiger partial charge in [-0.2, -0.15) is 22.7 Å². The third-order valence-corrected chi connectivity index (χ3v) is 4.44. The molecule has 0 saturated carbocycles. The highest BCUT2D eigenvalue weighted by Gasteiger charge is 2.36. The minimum Gasteiger partial charge on any atom is -0.378 e. The maximum Gasteiger partial charge on any atom is 0.433 e. The fourth-order valence-corrected chi connectivity index (χ4v) is 2.94. The number of carbonyl (C=O) groups is 1. The lowest BCUT2D eigenvalue weighted by Crippen LogP contribution is -2.41. The van der Waals surface area contributed by atoms with E-state index in [9.17, 15) is 18.0 Å². The first-order chi connectivity index (χ1) is 13.3. The molecule has 0 aliphatic carbocycles. The van der Waals surface area contributed by atoms with Gasteiger partial charge in [0.15, 0.2) is 5.69 Å². The average molecular weight is 391 g/mol. The summed E-state index contributed by atoms with van der Waals surface area (Å²) in [5.41, 5.74) is 0.559. The van der Waals surface area contributed by atoms with Gasteiger partial charge in [0.2, 0.25) is 5.82 Å². The molecule has 1 saturated heterocycles. The quantitative estimate of drug-likeness (QED) is 0.672. The second-order valence-corrected chi connectivity index (χ2v) is 6.44. The van der Waals surface area contributed by atoms with Crippen LogP contribution in [0, 0.1) is 6.92 Å². The second kappa shape index (κ2) is 6.86. The van der Waals surface area contributed by atoms with Crippen LogP contribution in [0.25, 0.3) is 17.0 Å². The molecule has 0 bridgehead atoms. The summed E-state index contributed by atoms with van der Waals surface area (Å²) in [7, 11) is 0. The molecule has 4 rings (SSSR count). The van der Waals surface area contributed by atoms with Crippen molar-refractivity contribution < 1.29 is 22.7 Å². The van der Waals surface area contributed by atoms with Gasteiger partial charge in [-0.15, -0.1) is 5.10 Å². The second-order valence-electron chi connectivity index (χ2n) is 6.44. The third-order valence-electron chi connectivity index (χ3n) is 4.44. The lowest BCUT2D eigenvalue weighted by molar-refractivity contribution is -0.142. The number of carbonyl (C=O) groups excluding carboxylic acids is 1. The zero-order valence-electron chi connectivity index (χ0n) is 14.9. The largest absolute Gasteiger partial charge is 0.433 e. The molecule has 0 spiro atoms. The highest BCUT2D eigenvalue weighted by atomic mass is 19.4. The van der Waals surface area contributed by atoms with Crippen molar-refractivity contribution in [1.82, 2.24) is 24.5 Å². The summed E-state index contributed by atoms with van der Waals surface area (Å²) in [4.78, 5) is 22.2. The van der Waals surface area contributed by atoms with E-state index in [4.69, 9.17) is 4.74 Å². The molecule has 10 heteroatoms. The van der Waals surface area contributed by atoms with Gasteiger partial charge in [0.25, 0.3) is 11.7 Å². The van der Waals surface area contributed by atoms with E-state index in [1.807, 2.05) is 6.92 Å². The number of fused-ring (bicyclic) bond motifs is 1. The number of rotatable bonds is 2. The van der Waals surface area contributed by atoms with Crippen LogP contribution in [0.4, 0.5) is 13.2 Å². The van der Waals surface area contributed by atoms with Crippen LogP contribution in [0.2, 0.25) is 0 Å². The van der Waals surface area contributed by atoms with Crippen molar-refractivity contribution in [3.05, 3.63) is 47.4 Å². The Bertz CT molecular complexity index is 1020. The number of nitrogens with zero attached hydrogens (tertiary/aromatic N) is 5. The molecule has 1 fully saturated rings. The zero-order valence-corrected chi connectivity index (χ0v) is 14.9. The fraction of sp³-hybridized carbons (Fsp3) is 0.333. The maximum atomic E-state index is 13.6. The zero-order chi connectivity index (χ0) is 19.9. The first-order valence-corrected chi connectivity index (χ1v) is 8.62. The van der Waals surface area contributed by atoms with Crippen LogP contribution in [0.1, 0.15) is 21.9 Å². The Labute approximate surface area is 157 Å². The molecule has 0 unspecified atom stereocenters. The van der Waals surface area contributed by atoms with Crippen molar-refractivity contribution in [3.8, 4) is 11.3 Å². The van der Waals surface area contributed by atoms with Crippen molar-refractivity contribution in [2.45, 2.75) is 13.1 Å². The normalized spacial score (nSPS) is 15.2. The molecule has 1 aliphatic heterocycles. The van der Waals surface area contributed by atoms with Crippen LogP contribution in [0.3, 0.4) is 0 Å². The van der Waals surface area contributed by atoms with E-state index >= 15 is 0 Å². The van der Waals surface area contributed by atoms with Crippen molar-refractivity contribution in [2.75, 3.05) is 26.3 Å². The molecule has 3 aromatic rings. The van der Waals surface area contributed by atoms with Crippen LogP contribution in [-0.4, -0.2) is 56.7 Å². The summed E-state index contributed by atoms with van der Waals surface area (Å²) >= 11 is 0. The lowest BCUT2D eigenvalue weighted by atomic mass is 10.1.